The molecule has 1 atom stereocenters. The third-order valence-electron chi connectivity index (χ3n) is 4.88. The van der Waals surface area contributed by atoms with E-state index in [0.29, 0.717) is 24.5 Å². The van der Waals surface area contributed by atoms with Crippen LogP contribution >= 0.6 is 0 Å². The van der Waals surface area contributed by atoms with Gasteiger partial charge in [-0.05, 0) is 50.6 Å². The number of benzene rings is 2. The van der Waals surface area contributed by atoms with Gasteiger partial charge in [0.25, 0.3) is 0 Å². The van der Waals surface area contributed by atoms with E-state index in [2.05, 4.69) is 4.90 Å². The first-order valence-electron chi connectivity index (χ1n) is 8.84. The summed E-state index contributed by atoms with van der Waals surface area (Å²) in [6.07, 6.45) is 0. The molecule has 1 aliphatic rings. The first-order valence-corrected chi connectivity index (χ1v) is 10.3. The quantitative estimate of drug-likeness (QED) is 0.894. The van der Waals surface area contributed by atoms with Crippen LogP contribution in [0.3, 0.4) is 0 Å². The van der Waals surface area contributed by atoms with Crippen LogP contribution in [-0.4, -0.2) is 43.5 Å². The molecule has 1 N–H and O–H groups in total. The maximum atomic E-state index is 12.8. The molecule has 5 nitrogen and oxygen atoms in total. The van der Waals surface area contributed by atoms with Crippen molar-refractivity contribution in [3.05, 3.63) is 60.2 Å². The number of anilines is 1. The SMILES string of the molecule is C[C@H]1CN(S(=O)(=O)c2ccccc2)CCN1c1ccc(C(C)(C)O)cc1. The van der Waals surface area contributed by atoms with Crippen LogP contribution in [0.25, 0.3) is 0 Å². The van der Waals surface area contributed by atoms with E-state index < -0.39 is 15.6 Å². The Labute approximate surface area is 155 Å². The highest BCUT2D eigenvalue weighted by Crippen LogP contribution is 2.27. The number of nitrogens with zero attached hydrogens (tertiary/aromatic N) is 2. The van der Waals surface area contributed by atoms with Crippen molar-refractivity contribution in [1.82, 2.24) is 4.31 Å². The van der Waals surface area contributed by atoms with Gasteiger partial charge in [-0.3, -0.25) is 0 Å². The van der Waals surface area contributed by atoms with Gasteiger partial charge in [0, 0.05) is 31.4 Å². The van der Waals surface area contributed by atoms with Gasteiger partial charge in [0.1, 0.15) is 0 Å². The Balaban J connectivity index is 1.75. The maximum absolute atomic E-state index is 12.8. The number of hydrogen-bond acceptors (Lipinski definition) is 4. The molecule has 2 aromatic carbocycles. The van der Waals surface area contributed by atoms with Crippen LogP contribution in [0, 0.1) is 0 Å². The second kappa shape index (κ2) is 7.02. The summed E-state index contributed by atoms with van der Waals surface area (Å²) in [7, 11) is -3.45. The highest BCUT2D eigenvalue weighted by molar-refractivity contribution is 7.89. The molecule has 1 aliphatic heterocycles. The predicted molar refractivity (Wildman–Crippen MR) is 104 cm³/mol. The second-order valence-corrected chi connectivity index (χ2v) is 9.26. The van der Waals surface area contributed by atoms with Crippen molar-refractivity contribution in [2.24, 2.45) is 0 Å². The smallest absolute Gasteiger partial charge is 0.243 e. The molecule has 0 spiro atoms. The van der Waals surface area contributed by atoms with E-state index in [-0.39, 0.29) is 6.04 Å². The minimum atomic E-state index is -3.45. The number of piperazine rings is 1. The lowest BCUT2D eigenvalue weighted by molar-refractivity contribution is 0.0786. The molecular weight excluding hydrogens is 348 g/mol. The van der Waals surface area contributed by atoms with Crippen molar-refractivity contribution in [2.45, 2.75) is 37.3 Å². The predicted octanol–water partition coefficient (Wildman–Crippen LogP) is 2.81. The van der Waals surface area contributed by atoms with Crippen molar-refractivity contribution in [3.8, 4) is 0 Å². The number of sulfonamides is 1. The molecule has 26 heavy (non-hydrogen) atoms. The molecule has 1 saturated heterocycles. The summed E-state index contributed by atoms with van der Waals surface area (Å²) in [4.78, 5) is 2.56. The Morgan fingerprint density at radius 1 is 1.00 bits per heavy atom. The highest BCUT2D eigenvalue weighted by Gasteiger charge is 2.32. The molecule has 0 aromatic heterocycles. The number of hydrogen-bond donors (Lipinski definition) is 1. The number of aliphatic hydroxyl groups is 1. The summed E-state index contributed by atoms with van der Waals surface area (Å²) in [5.74, 6) is 0. The van der Waals surface area contributed by atoms with Crippen LogP contribution < -0.4 is 4.90 Å². The molecular formula is C20H26N2O3S. The fourth-order valence-corrected chi connectivity index (χ4v) is 4.86. The molecule has 2 aromatic rings. The van der Waals surface area contributed by atoms with Gasteiger partial charge in [-0.1, -0.05) is 30.3 Å². The summed E-state index contributed by atoms with van der Waals surface area (Å²) < 4.78 is 27.2. The third-order valence-corrected chi connectivity index (χ3v) is 6.76. The summed E-state index contributed by atoms with van der Waals surface area (Å²) >= 11 is 0. The van der Waals surface area contributed by atoms with E-state index in [1.165, 1.54) is 0 Å². The molecule has 6 heteroatoms. The molecule has 0 aliphatic carbocycles. The topological polar surface area (TPSA) is 60.9 Å². The first kappa shape index (κ1) is 18.9. The zero-order chi connectivity index (χ0) is 18.9. The number of rotatable bonds is 4. The van der Waals surface area contributed by atoms with E-state index in [1.807, 2.05) is 37.3 Å². The standard InChI is InChI=1S/C20H26N2O3S/c1-16-15-21(26(24,25)19-7-5-4-6-8-19)13-14-22(16)18-11-9-17(10-12-18)20(2,3)23/h4-12,16,23H,13-15H2,1-3H3/t16-/m0/s1. The van der Waals surface area contributed by atoms with E-state index >= 15 is 0 Å². The fraction of sp³-hybridized carbons (Fsp3) is 0.400. The summed E-state index contributed by atoms with van der Waals surface area (Å²) in [6.45, 7) is 7.10. The minimum Gasteiger partial charge on any atom is -0.386 e. The molecule has 0 bridgehead atoms. The van der Waals surface area contributed by atoms with Crippen molar-refractivity contribution < 1.29 is 13.5 Å². The first-order chi connectivity index (χ1) is 12.2. The maximum Gasteiger partial charge on any atom is 0.243 e. The van der Waals surface area contributed by atoms with Crippen molar-refractivity contribution in [1.29, 1.82) is 0 Å². The van der Waals surface area contributed by atoms with Crippen LogP contribution in [0.2, 0.25) is 0 Å². The molecule has 1 heterocycles. The molecule has 1 fully saturated rings. The third kappa shape index (κ3) is 3.77. The molecule has 0 radical (unpaired) electrons. The van der Waals surface area contributed by atoms with Crippen LogP contribution in [0.1, 0.15) is 26.3 Å². The second-order valence-electron chi connectivity index (χ2n) is 7.32. The molecule has 3 rings (SSSR count). The lowest BCUT2D eigenvalue weighted by Crippen LogP contribution is -2.53. The monoisotopic (exact) mass is 374 g/mol. The lowest BCUT2D eigenvalue weighted by atomic mass is 9.98. The Hall–Kier alpha value is -1.89. The average Bonchev–Trinajstić information content (AvgIpc) is 2.62. The molecule has 0 amide bonds. The van der Waals surface area contributed by atoms with Crippen LogP contribution in [0.5, 0.6) is 0 Å². The zero-order valence-electron chi connectivity index (χ0n) is 15.5. The van der Waals surface area contributed by atoms with Crippen molar-refractivity contribution in [3.63, 3.8) is 0 Å². The summed E-state index contributed by atoms with van der Waals surface area (Å²) in [5.41, 5.74) is 1.04. The van der Waals surface area contributed by atoms with E-state index in [1.54, 1.807) is 42.4 Å². The molecule has 0 saturated carbocycles. The largest absolute Gasteiger partial charge is 0.386 e. The Bertz CT molecular complexity index is 843. The van der Waals surface area contributed by atoms with E-state index in [4.69, 9.17) is 0 Å². The van der Waals surface area contributed by atoms with Gasteiger partial charge in [0.15, 0.2) is 0 Å². The van der Waals surface area contributed by atoms with Crippen molar-refractivity contribution in [2.75, 3.05) is 24.5 Å². The van der Waals surface area contributed by atoms with Crippen molar-refractivity contribution >= 4 is 15.7 Å². The van der Waals surface area contributed by atoms with E-state index in [9.17, 15) is 13.5 Å². The normalized spacial score (nSPS) is 19.5. The van der Waals surface area contributed by atoms with E-state index in [0.717, 1.165) is 11.3 Å². The highest BCUT2D eigenvalue weighted by atomic mass is 32.2. The van der Waals surface area contributed by atoms with Gasteiger partial charge in [0.05, 0.1) is 10.5 Å². The van der Waals surface area contributed by atoms with Gasteiger partial charge < -0.3 is 10.0 Å². The van der Waals surface area contributed by atoms with Crippen LogP contribution in [0.15, 0.2) is 59.5 Å². The van der Waals surface area contributed by atoms with Gasteiger partial charge in [-0.15, -0.1) is 0 Å². The molecule has 140 valence electrons. The minimum absolute atomic E-state index is 0.0650. The summed E-state index contributed by atoms with van der Waals surface area (Å²) in [5, 5.41) is 10.1. The van der Waals surface area contributed by atoms with Gasteiger partial charge in [-0.2, -0.15) is 4.31 Å². The van der Waals surface area contributed by atoms with Gasteiger partial charge >= 0.3 is 0 Å². The Kier molecular flexibility index (Phi) is 5.10. The Morgan fingerprint density at radius 3 is 2.15 bits per heavy atom. The zero-order valence-corrected chi connectivity index (χ0v) is 16.3. The molecule has 0 unspecified atom stereocenters. The van der Waals surface area contributed by atoms with Gasteiger partial charge in [-0.25, -0.2) is 8.42 Å². The lowest BCUT2D eigenvalue weighted by Gasteiger charge is -2.40. The summed E-state index contributed by atoms with van der Waals surface area (Å²) in [6, 6.07) is 16.5. The fourth-order valence-electron chi connectivity index (χ4n) is 3.33. The van der Waals surface area contributed by atoms with Crippen LogP contribution in [0.4, 0.5) is 5.69 Å². The van der Waals surface area contributed by atoms with Gasteiger partial charge in [0.2, 0.25) is 10.0 Å². The van der Waals surface area contributed by atoms with Crippen LogP contribution in [-0.2, 0) is 15.6 Å². The average molecular weight is 375 g/mol. The Morgan fingerprint density at radius 2 is 1.62 bits per heavy atom.